The number of methoxy groups -OCH3 is 2. The highest BCUT2D eigenvalue weighted by molar-refractivity contribution is 5.57. The molecule has 6 nitrogen and oxygen atoms in total. The molecule has 0 saturated carbocycles. The number of ether oxygens (including phenoxy) is 2. The maximum Gasteiger partial charge on any atom is 0.161 e. The second kappa shape index (κ2) is 7.82. The fourth-order valence-electron chi connectivity index (χ4n) is 2.70. The maximum atomic E-state index is 5.49. The van der Waals surface area contributed by atoms with E-state index in [-0.39, 0.29) is 0 Å². The molecule has 0 bridgehead atoms. The first kappa shape index (κ1) is 17.7. The lowest BCUT2D eigenvalue weighted by Gasteiger charge is -2.21. The molecule has 0 saturated heterocycles. The van der Waals surface area contributed by atoms with Gasteiger partial charge in [0.25, 0.3) is 0 Å². The van der Waals surface area contributed by atoms with Gasteiger partial charge in [0, 0.05) is 54.9 Å². The normalized spacial score (nSPS) is 10.5. The van der Waals surface area contributed by atoms with Gasteiger partial charge in [-0.3, -0.25) is 4.98 Å². The molecular formula is C20H22N4O2. The minimum Gasteiger partial charge on any atom is -0.497 e. The molecule has 0 amide bonds. The largest absolute Gasteiger partial charge is 0.497 e. The van der Waals surface area contributed by atoms with Crippen LogP contribution in [0.1, 0.15) is 11.3 Å². The monoisotopic (exact) mass is 350 g/mol. The number of benzene rings is 1. The molecular weight excluding hydrogens is 328 g/mol. The van der Waals surface area contributed by atoms with Crippen molar-refractivity contribution in [2.45, 2.75) is 13.5 Å². The summed E-state index contributed by atoms with van der Waals surface area (Å²) in [6.07, 6.45) is 3.49. The Balaban J connectivity index is 1.89. The average Bonchev–Trinajstić information content (AvgIpc) is 2.68. The van der Waals surface area contributed by atoms with E-state index in [0.29, 0.717) is 12.4 Å². The quantitative estimate of drug-likeness (QED) is 0.678. The number of rotatable bonds is 6. The number of nitrogens with zero attached hydrogens (tertiary/aromatic N) is 4. The van der Waals surface area contributed by atoms with Gasteiger partial charge in [-0.25, -0.2) is 9.97 Å². The van der Waals surface area contributed by atoms with Crippen molar-refractivity contribution in [2.75, 3.05) is 26.2 Å². The van der Waals surface area contributed by atoms with E-state index < -0.39 is 0 Å². The molecule has 3 aromatic rings. The lowest BCUT2D eigenvalue weighted by molar-refractivity contribution is 0.391. The molecule has 0 aliphatic heterocycles. The smallest absolute Gasteiger partial charge is 0.161 e. The van der Waals surface area contributed by atoms with Crippen molar-refractivity contribution in [3.8, 4) is 22.9 Å². The molecule has 0 spiro atoms. The number of hydrogen-bond donors (Lipinski definition) is 0. The summed E-state index contributed by atoms with van der Waals surface area (Å²) < 4.78 is 10.8. The molecule has 0 N–H and O–H groups in total. The number of pyridine rings is 1. The van der Waals surface area contributed by atoms with Crippen molar-refractivity contribution >= 4 is 5.82 Å². The summed E-state index contributed by atoms with van der Waals surface area (Å²) >= 11 is 0. The van der Waals surface area contributed by atoms with Crippen LogP contribution < -0.4 is 14.4 Å². The SMILES string of the molecule is COc1ccc(CN(C)c2cc(C)nc(-c3ccncc3)n2)c(OC)c1. The third-order valence-corrected chi connectivity index (χ3v) is 4.07. The number of aryl methyl sites for hydroxylation is 1. The number of hydrogen-bond acceptors (Lipinski definition) is 6. The Morgan fingerprint density at radius 3 is 2.42 bits per heavy atom. The van der Waals surface area contributed by atoms with Crippen LogP contribution in [-0.2, 0) is 6.54 Å². The van der Waals surface area contributed by atoms with Crippen molar-refractivity contribution in [1.82, 2.24) is 15.0 Å². The van der Waals surface area contributed by atoms with E-state index in [1.165, 1.54) is 0 Å². The predicted molar refractivity (Wildman–Crippen MR) is 102 cm³/mol. The van der Waals surface area contributed by atoms with E-state index in [2.05, 4.69) is 14.9 Å². The second-order valence-electron chi connectivity index (χ2n) is 5.96. The van der Waals surface area contributed by atoms with Crippen LogP contribution in [-0.4, -0.2) is 36.2 Å². The average molecular weight is 350 g/mol. The first-order valence-electron chi connectivity index (χ1n) is 8.29. The Morgan fingerprint density at radius 1 is 0.962 bits per heavy atom. The minimum absolute atomic E-state index is 0.652. The maximum absolute atomic E-state index is 5.49. The van der Waals surface area contributed by atoms with Crippen molar-refractivity contribution in [1.29, 1.82) is 0 Å². The Bertz CT molecular complexity index is 884. The van der Waals surface area contributed by atoms with Crippen molar-refractivity contribution in [2.24, 2.45) is 0 Å². The van der Waals surface area contributed by atoms with Crippen LogP contribution in [0.25, 0.3) is 11.4 Å². The Hall–Kier alpha value is -3.15. The van der Waals surface area contributed by atoms with Crippen molar-refractivity contribution < 1.29 is 9.47 Å². The van der Waals surface area contributed by atoms with Crippen LogP contribution in [0.4, 0.5) is 5.82 Å². The van der Waals surface area contributed by atoms with Crippen LogP contribution in [0, 0.1) is 6.92 Å². The van der Waals surface area contributed by atoms with E-state index in [1.54, 1.807) is 26.6 Å². The fourth-order valence-corrected chi connectivity index (χ4v) is 2.70. The standard InChI is InChI=1S/C20H22N4O2/c1-14-11-19(23-20(22-14)15-7-9-21-10-8-15)24(2)13-16-5-6-17(25-3)12-18(16)26-4/h5-12H,13H2,1-4H3. The molecule has 1 aromatic carbocycles. The second-order valence-corrected chi connectivity index (χ2v) is 5.96. The third kappa shape index (κ3) is 3.91. The molecule has 0 unspecified atom stereocenters. The summed E-state index contributed by atoms with van der Waals surface area (Å²) in [4.78, 5) is 15.4. The number of aromatic nitrogens is 3. The third-order valence-electron chi connectivity index (χ3n) is 4.07. The van der Waals surface area contributed by atoms with Crippen LogP contribution >= 0.6 is 0 Å². The molecule has 2 aromatic heterocycles. The Kier molecular flexibility index (Phi) is 5.31. The van der Waals surface area contributed by atoms with Gasteiger partial charge in [0.1, 0.15) is 17.3 Å². The highest BCUT2D eigenvalue weighted by Gasteiger charge is 2.12. The first-order valence-corrected chi connectivity index (χ1v) is 8.29. The molecule has 3 rings (SSSR count). The molecule has 0 aliphatic carbocycles. The van der Waals surface area contributed by atoms with E-state index in [1.807, 2.05) is 50.4 Å². The lowest BCUT2D eigenvalue weighted by Crippen LogP contribution is -2.19. The van der Waals surface area contributed by atoms with E-state index >= 15 is 0 Å². The zero-order valence-corrected chi connectivity index (χ0v) is 15.4. The zero-order chi connectivity index (χ0) is 18.5. The van der Waals surface area contributed by atoms with Gasteiger partial charge in [-0.15, -0.1) is 0 Å². The zero-order valence-electron chi connectivity index (χ0n) is 15.4. The summed E-state index contributed by atoms with van der Waals surface area (Å²) in [5, 5.41) is 0. The summed E-state index contributed by atoms with van der Waals surface area (Å²) in [6, 6.07) is 11.6. The van der Waals surface area contributed by atoms with Gasteiger partial charge in [0.15, 0.2) is 5.82 Å². The van der Waals surface area contributed by atoms with E-state index in [0.717, 1.165) is 34.1 Å². The van der Waals surface area contributed by atoms with Gasteiger partial charge in [0.2, 0.25) is 0 Å². The Labute approximate surface area is 153 Å². The van der Waals surface area contributed by atoms with Crippen LogP contribution in [0.5, 0.6) is 11.5 Å². The topological polar surface area (TPSA) is 60.4 Å². The van der Waals surface area contributed by atoms with E-state index in [9.17, 15) is 0 Å². The van der Waals surface area contributed by atoms with Gasteiger partial charge < -0.3 is 14.4 Å². The summed E-state index contributed by atoms with van der Waals surface area (Å²) in [6.45, 7) is 2.62. The van der Waals surface area contributed by atoms with Crippen LogP contribution in [0.15, 0.2) is 48.8 Å². The molecule has 2 heterocycles. The first-order chi connectivity index (χ1) is 12.6. The summed E-state index contributed by atoms with van der Waals surface area (Å²) in [5.41, 5.74) is 2.91. The minimum atomic E-state index is 0.652. The summed E-state index contributed by atoms with van der Waals surface area (Å²) in [5.74, 6) is 3.10. The molecule has 26 heavy (non-hydrogen) atoms. The highest BCUT2D eigenvalue weighted by Crippen LogP contribution is 2.27. The van der Waals surface area contributed by atoms with Gasteiger partial charge in [-0.2, -0.15) is 0 Å². The molecule has 0 radical (unpaired) electrons. The highest BCUT2D eigenvalue weighted by atomic mass is 16.5. The molecule has 134 valence electrons. The van der Waals surface area contributed by atoms with E-state index in [4.69, 9.17) is 14.5 Å². The molecule has 6 heteroatoms. The van der Waals surface area contributed by atoms with Gasteiger partial charge in [-0.05, 0) is 31.2 Å². The lowest BCUT2D eigenvalue weighted by atomic mass is 10.1. The Morgan fingerprint density at radius 2 is 1.73 bits per heavy atom. The predicted octanol–water partition coefficient (Wildman–Crippen LogP) is 3.50. The fraction of sp³-hybridized carbons (Fsp3) is 0.250. The van der Waals surface area contributed by atoms with Crippen molar-refractivity contribution in [3.05, 3.63) is 60.0 Å². The van der Waals surface area contributed by atoms with Crippen LogP contribution in [0.3, 0.4) is 0 Å². The molecule has 0 atom stereocenters. The summed E-state index contributed by atoms with van der Waals surface area (Å²) in [7, 11) is 5.31. The molecule has 0 aliphatic rings. The van der Waals surface area contributed by atoms with Gasteiger partial charge >= 0.3 is 0 Å². The van der Waals surface area contributed by atoms with Gasteiger partial charge in [0.05, 0.1) is 14.2 Å². The number of anilines is 1. The van der Waals surface area contributed by atoms with Gasteiger partial charge in [-0.1, -0.05) is 0 Å². The molecule has 0 fully saturated rings. The van der Waals surface area contributed by atoms with Crippen LogP contribution in [0.2, 0.25) is 0 Å². The van der Waals surface area contributed by atoms with Crippen molar-refractivity contribution in [3.63, 3.8) is 0 Å².